The molecular formula is C4H4ClLiN2O3S. The molecule has 0 aliphatic heterocycles. The summed E-state index contributed by atoms with van der Waals surface area (Å²) in [4.78, 5) is 6.25. The number of halogens is 1. The Hall–Kier alpha value is -0.123. The predicted octanol–water partition coefficient (Wildman–Crippen LogP) is -0.272. The Labute approximate surface area is 86.1 Å². The molecular weight excluding hydrogens is 199 g/mol. The van der Waals surface area contributed by atoms with E-state index in [-0.39, 0.29) is 24.0 Å². The second kappa shape index (κ2) is 4.21. The molecule has 12 heavy (non-hydrogen) atoms. The van der Waals surface area contributed by atoms with Gasteiger partial charge >= 0.3 is 18.9 Å². The molecule has 0 aromatic carbocycles. The predicted molar refractivity (Wildman–Crippen MR) is 44.0 cm³/mol. The molecule has 0 radical (unpaired) electrons. The molecule has 1 heterocycles. The Morgan fingerprint density at radius 1 is 1.50 bits per heavy atom. The number of rotatable bonds is 1. The van der Waals surface area contributed by atoms with Gasteiger partial charge in [0.2, 0.25) is 0 Å². The quantitative estimate of drug-likeness (QED) is 0.385. The second-order valence-electron chi connectivity index (χ2n) is 1.65. The normalized spacial score (nSPS) is 10.5. The van der Waals surface area contributed by atoms with Crippen molar-refractivity contribution in [3.05, 3.63) is 17.7 Å². The summed E-state index contributed by atoms with van der Waals surface area (Å²) in [5.74, 6) is 0. The van der Waals surface area contributed by atoms with Gasteiger partial charge in [0.1, 0.15) is 11.2 Å². The van der Waals surface area contributed by atoms with Crippen LogP contribution in [0, 0.1) is 0 Å². The van der Waals surface area contributed by atoms with Crippen LogP contribution in [-0.4, -0.2) is 41.8 Å². The van der Waals surface area contributed by atoms with Gasteiger partial charge in [0, 0.05) is 0 Å². The van der Waals surface area contributed by atoms with Crippen molar-refractivity contribution in [3.8, 4) is 0 Å². The van der Waals surface area contributed by atoms with E-state index in [0.717, 1.165) is 12.5 Å². The average Bonchev–Trinajstić information content (AvgIpc) is 1.86. The van der Waals surface area contributed by atoms with Crippen LogP contribution in [0.15, 0.2) is 17.4 Å². The van der Waals surface area contributed by atoms with Gasteiger partial charge in [-0.25, -0.2) is 9.97 Å². The van der Waals surface area contributed by atoms with E-state index < -0.39 is 15.0 Å². The van der Waals surface area contributed by atoms with Crippen LogP contribution in [-0.2, 0) is 10.1 Å². The third-order valence-electron chi connectivity index (χ3n) is 0.911. The molecule has 1 aromatic heterocycles. The zero-order chi connectivity index (χ0) is 8.48. The van der Waals surface area contributed by atoms with Crippen LogP contribution in [0.3, 0.4) is 0 Å². The molecule has 0 atom stereocenters. The Morgan fingerprint density at radius 3 is 2.42 bits per heavy atom. The minimum atomic E-state index is -4.29. The van der Waals surface area contributed by atoms with Gasteiger partial charge in [-0.3, -0.25) is 4.55 Å². The van der Waals surface area contributed by atoms with E-state index in [1.807, 2.05) is 0 Å². The Bertz CT molecular complexity index is 368. The van der Waals surface area contributed by atoms with Crippen LogP contribution in [0.5, 0.6) is 0 Å². The Morgan fingerprint density at radius 2 is 2.08 bits per heavy atom. The molecule has 0 saturated heterocycles. The van der Waals surface area contributed by atoms with Gasteiger partial charge in [0.25, 0.3) is 10.1 Å². The summed E-state index contributed by atoms with van der Waals surface area (Å²) >= 11 is 5.32. The standard InChI is InChI=1S/C4H3ClN2O3S.Li.H/c5-4-3(11(8,9)10)1-6-2-7-4;;/h1-2H,(H,8,9,10);;. The number of nitrogens with zero attached hydrogens (tertiary/aromatic N) is 2. The third kappa shape index (κ3) is 2.73. The number of hydrogen-bond acceptors (Lipinski definition) is 4. The molecule has 5 nitrogen and oxygen atoms in total. The molecule has 0 spiro atoms. The van der Waals surface area contributed by atoms with Gasteiger partial charge in [0.05, 0.1) is 6.20 Å². The minimum absolute atomic E-state index is 0. The van der Waals surface area contributed by atoms with Crippen molar-refractivity contribution in [1.29, 1.82) is 0 Å². The summed E-state index contributed by atoms with van der Waals surface area (Å²) in [6.07, 6.45) is 2.00. The molecule has 0 amide bonds. The van der Waals surface area contributed by atoms with Crippen molar-refractivity contribution < 1.29 is 13.0 Å². The summed E-state index contributed by atoms with van der Waals surface area (Å²) in [6, 6.07) is 0. The summed E-state index contributed by atoms with van der Waals surface area (Å²) in [7, 11) is -4.29. The van der Waals surface area contributed by atoms with Crippen LogP contribution >= 0.6 is 11.6 Å². The summed E-state index contributed by atoms with van der Waals surface area (Å²) < 4.78 is 29.4. The SMILES string of the molecule is O=S(=O)(O)c1cncnc1Cl.[LiH]. The van der Waals surface area contributed by atoms with Gasteiger partial charge in [-0.2, -0.15) is 8.42 Å². The van der Waals surface area contributed by atoms with Gasteiger partial charge < -0.3 is 0 Å². The van der Waals surface area contributed by atoms with Gasteiger partial charge in [-0.05, 0) is 0 Å². The molecule has 62 valence electrons. The van der Waals surface area contributed by atoms with E-state index in [9.17, 15) is 8.42 Å². The Balaban J connectivity index is 0.00000121. The molecule has 0 aliphatic rings. The molecule has 0 aliphatic carbocycles. The molecule has 0 unspecified atom stereocenters. The summed E-state index contributed by atoms with van der Waals surface area (Å²) in [5.41, 5.74) is 0. The Kier molecular flexibility index (Phi) is 4.17. The van der Waals surface area contributed by atoms with Gasteiger partial charge in [0.15, 0.2) is 5.15 Å². The van der Waals surface area contributed by atoms with Crippen LogP contribution in [0.25, 0.3) is 0 Å². The van der Waals surface area contributed by atoms with Crippen molar-refractivity contribution in [2.24, 2.45) is 0 Å². The van der Waals surface area contributed by atoms with Gasteiger partial charge in [-0.1, -0.05) is 11.6 Å². The van der Waals surface area contributed by atoms with Crippen molar-refractivity contribution in [2.75, 3.05) is 0 Å². The number of hydrogen-bond donors (Lipinski definition) is 1. The van der Waals surface area contributed by atoms with Crippen molar-refractivity contribution in [3.63, 3.8) is 0 Å². The van der Waals surface area contributed by atoms with E-state index in [4.69, 9.17) is 16.2 Å². The fourth-order valence-corrected chi connectivity index (χ4v) is 1.32. The molecule has 0 saturated carbocycles. The first kappa shape index (κ1) is 11.9. The zero-order valence-electron chi connectivity index (χ0n) is 5.10. The van der Waals surface area contributed by atoms with Crippen molar-refractivity contribution in [2.45, 2.75) is 4.90 Å². The van der Waals surface area contributed by atoms with Crippen molar-refractivity contribution >= 4 is 40.6 Å². The summed E-state index contributed by atoms with van der Waals surface area (Å²) in [5, 5.41) is -0.289. The van der Waals surface area contributed by atoms with E-state index in [2.05, 4.69) is 9.97 Å². The molecule has 0 bridgehead atoms. The van der Waals surface area contributed by atoms with Crippen molar-refractivity contribution in [1.82, 2.24) is 9.97 Å². The van der Waals surface area contributed by atoms with Crippen LogP contribution in [0.1, 0.15) is 0 Å². The van der Waals surface area contributed by atoms with Crippen LogP contribution < -0.4 is 0 Å². The van der Waals surface area contributed by atoms with E-state index in [1.165, 1.54) is 0 Å². The maximum absolute atomic E-state index is 10.4. The fraction of sp³-hybridized carbons (Fsp3) is 0. The third-order valence-corrected chi connectivity index (χ3v) is 2.18. The molecule has 1 rings (SSSR count). The number of aromatic nitrogens is 2. The van der Waals surface area contributed by atoms with E-state index in [0.29, 0.717) is 0 Å². The zero-order valence-corrected chi connectivity index (χ0v) is 6.67. The van der Waals surface area contributed by atoms with Crippen LogP contribution in [0.4, 0.5) is 0 Å². The van der Waals surface area contributed by atoms with Gasteiger partial charge in [-0.15, -0.1) is 0 Å². The first-order valence-corrected chi connectivity index (χ1v) is 4.26. The first-order chi connectivity index (χ1) is 5.02. The molecule has 1 aromatic rings. The molecule has 1 N–H and O–H groups in total. The van der Waals surface area contributed by atoms with E-state index in [1.54, 1.807) is 0 Å². The second-order valence-corrected chi connectivity index (χ2v) is 3.40. The maximum atomic E-state index is 10.4. The van der Waals surface area contributed by atoms with E-state index >= 15 is 0 Å². The first-order valence-electron chi connectivity index (χ1n) is 2.45. The summed E-state index contributed by atoms with van der Waals surface area (Å²) in [6.45, 7) is 0. The fourth-order valence-electron chi connectivity index (χ4n) is 0.475. The topological polar surface area (TPSA) is 80.2 Å². The molecule has 8 heteroatoms. The monoisotopic (exact) mass is 202 g/mol. The van der Waals surface area contributed by atoms with Crippen LogP contribution in [0.2, 0.25) is 5.15 Å². The molecule has 0 fully saturated rings. The average molecular weight is 203 g/mol.